The van der Waals surface area contributed by atoms with Gasteiger partial charge in [0.25, 0.3) is 0 Å². The predicted octanol–water partition coefficient (Wildman–Crippen LogP) is 2.41. The van der Waals surface area contributed by atoms with Crippen LogP contribution in [0.5, 0.6) is 0 Å². The van der Waals surface area contributed by atoms with E-state index in [2.05, 4.69) is 27.5 Å². The van der Waals surface area contributed by atoms with Gasteiger partial charge < -0.3 is 15.4 Å². The van der Waals surface area contributed by atoms with Crippen LogP contribution in [-0.4, -0.2) is 29.2 Å². The second-order valence-electron chi connectivity index (χ2n) is 4.98. The Morgan fingerprint density at radius 3 is 2.61 bits per heavy atom. The van der Waals surface area contributed by atoms with E-state index in [4.69, 9.17) is 4.74 Å². The molecule has 1 aromatic heterocycles. The zero-order valence-corrected chi connectivity index (χ0v) is 11.4. The van der Waals surface area contributed by atoms with Crippen molar-refractivity contribution in [2.45, 2.75) is 45.3 Å². The van der Waals surface area contributed by atoms with E-state index in [1.165, 1.54) is 19.3 Å². The van der Waals surface area contributed by atoms with Crippen molar-refractivity contribution in [2.24, 2.45) is 0 Å². The van der Waals surface area contributed by atoms with Crippen LogP contribution in [0.3, 0.4) is 0 Å². The Morgan fingerprint density at radius 2 is 2.06 bits per heavy atom. The maximum Gasteiger partial charge on any atom is 0.158 e. The molecule has 2 rings (SSSR count). The molecular formula is C13H22N4O. The minimum atomic E-state index is 0.197. The van der Waals surface area contributed by atoms with Crippen LogP contribution in [0, 0.1) is 0 Å². The van der Waals surface area contributed by atoms with Crippen LogP contribution in [0.1, 0.15) is 38.9 Å². The first-order valence-corrected chi connectivity index (χ1v) is 6.57. The van der Waals surface area contributed by atoms with E-state index in [1.54, 1.807) is 0 Å². The molecule has 0 amide bonds. The van der Waals surface area contributed by atoms with E-state index in [-0.39, 0.29) is 5.54 Å². The highest BCUT2D eigenvalue weighted by molar-refractivity contribution is 5.48. The van der Waals surface area contributed by atoms with Crippen LogP contribution in [-0.2, 0) is 11.3 Å². The molecule has 1 fully saturated rings. The first-order valence-electron chi connectivity index (χ1n) is 6.57. The SMILES string of the molecule is CCOCc1nc(NC)cc(NC2(C)CCC2)n1. The fraction of sp³-hybridized carbons (Fsp3) is 0.692. The van der Waals surface area contributed by atoms with Crippen LogP contribution in [0.15, 0.2) is 6.07 Å². The van der Waals surface area contributed by atoms with Crippen molar-refractivity contribution in [2.75, 3.05) is 24.3 Å². The zero-order valence-electron chi connectivity index (χ0n) is 11.4. The fourth-order valence-corrected chi connectivity index (χ4v) is 2.09. The van der Waals surface area contributed by atoms with Crippen LogP contribution in [0.4, 0.5) is 11.6 Å². The topological polar surface area (TPSA) is 59.1 Å². The lowest BCUT2D eigenvalue weighted by atomic mass is 9.78. The van der Waals surface area contributed by atoms with Gasteiger partial charge in [-0.2, -0.15) is 0 Å². The Labute approximate surface area is 108 Å². The summed E-state index contributed by atoms with van der Waals surface area (Å²) in [5, 5.41) is 6.56. The highest BCUT2D eigenvalue weighted by Gasteiger charge is 2.31. The molecule has 0 spiro atoms. The summed E-state index contributed by atoms with van der Waals surface area (Å²) in [6, 6.07) is 1.94. The molecule has 0 aromatic carbocycles. The normalized spacial score (nSPS) is 17.1. The molecule has 100 valence electrons. The summed E-state index contributed by atoms with van der Waals surface area (Å²) < 4.78 is 5.36. The van der Waals surface area contributed by atoms with E-state index >= 15 is 0 Å². The Balaban J connectivity index is 2.12. The second kappa shape index (κ2) is 5.52. The molecule has 1 aromatic rings. The van der Waals surface area contributed by atoms with Crippen molar-refractivity contribution in [3.05, 3.63) is 11.9 Å². The monoisotopic (exact) mass is 250 g/mol. The van der Waals surface area contributed by atoms with Crippen molar-refractivity contribution in [3.8, 4) is 0 Å². The predicted molar refractivity (Wildman–Crippen MR) is 72.8 cm³/mol. The first kappa shape index (κ1) is 13.1. The number of anilines is 2. The molecule has 1 aliphatic rings. The number of nitrogens with zero attached hydrogens (tertiary/aromatic N) is 2. The molecule has 0 unspecified atom stereocenters. The average molecular weight is 250 g/mol. The third-order valence-electron chi connectivity index (χ3n) is 3.35. The molecule has 5 nitrogen and oxygen atoms in total. The molecule has 18 heavy (non-hydrogen) atoms. The molecule has 2 N–H and O–H groups in total. The van der Waals surface area contributed by atoms with Gasteiger partial charge in [0.05, 0.1) is 0 Å². The zero-order chi connectivity index (χ0) is 13.0. The molecule has 1 heterocycles. The third kappa shape index (κ3) is 3.10. The van der Waals surface area contributed by atoms with Gasteiger partial charge in [-0.05, 0) is 33.1 Å². The van der Waals surface area contributed by atoms with Gasteiger partial charge in [-0.3, -0.25) is 0 Å². The molecule has 1 aliphatic carbocycles. The summed E-state index contributed by atoms with van der Waals surface area (Å²) in [6.07, 6.45) is 3.69. The molecule has 0 saturated heterocycles. The molecule has 0 atom stereocenters. The lowest BCUT2D eigenvalue weighted by Gasteiger charge is -2.39. The Kier molecular flexibility index (Phi) is 4.01. The van der Waals surface area contributed by atoms with E-state index in [9.17, 15) is 0 Å². The van der Waals surface area contributed by atoms with Crippen LogP contribution >= 0.6 is 0 Å². The van der Waals surface area contributed by atoms with Gasteiger partial charge in [0.15, 0.2) is 5.82 Å². The Hall–Kier alpha value is -1.36. The van der Waals surface area contributed by atoms with Gasteiger partial charge in [-0.1, -0.05) is 0 Å². The summed E-state index contributed by atoms with van der Waals surface area (Å²) >= 11 is 0. The Bertz CT molecular complexity index is 404. The maximum atomic E-state index is 5.36. The summed E-state index contributed by atoms with van der Waals surface area (Å²) in [5.74, 6) is 2.42. The quantitative estimate of drug-likeness (QED) is 0.812. The van der Waals surface area contributed by atoms with Gasteiger partial charge in [-0.25, -0.2) is 9.97 Å². The van der Waals surface area contributed by atoms with Crippen molar-refractivity contribution in [1.29, 1.82) is 0 Å². The third-order valence-corrected chi connectivity index (χ3v) is 3.35. The second-order valence-corrected chi connectivity index (χ2v) is 4.98. The molecule has 5 heteroatoms. The van der Waals surface area contributed by atoms with Crippen molar-refractivity contribution in [3.63, 3.8) is 0 Å². The summed E-state index contributed by atoms with van der Waals surface area (Å²) in [5.41, 5.74) is 0.197. The Morgan fingerprint density at radius 1 is 1.33 bits per heavy atom. The summed E-state index contributed by atoms with van der Waals surface area (Å²) in [7, 11) is 1.86. The number of ether oxygens (including phenoxy) is 1. The largest absolute Gasteiger partial charge is 0.374 e. The van der Waals surface area contributed by atoms with Crippen molar-refractivity contribution >= 4 is 11.6 Å². The molecule has 0 bridgehead atoms. The summed E-state index contributed by atoms with van der Waals surface area (Å²) in [6.45, 7) is 5.33. The van der Waals surface area contributed by atoms with Crippen LogP contribution in [0.25, 0.3) is 0 Å². The first-order chi connectivity index (χ1) is 8.65. The van der Waals surface area contributed by atoms with Crippen LogP contribution in [0.2, 0.25) is 0 Å². The molecule has 1 saturated carbocycles. The average Bonchev–Trinajstić information content (AvgIpc) is 2.34. The highest BCUT2D eigenvalue weighted by Crippen LogP contribution is 2.34. The lowest BCUT2D eigenvalue weighted by Crippen LogP contribution is -2.42. The van der Waals surface area contributed by atoms with Crippen molar-refractivity contribution in [1.82, 2.24) is 9.97 Å². The van der Waals surface area contributed by atoms with E-state index < -0.39 is 0 Å². The number of hydrogen-bond acceptors (Lipinski definition) is 5. The number of hydrogen-bond donors (Lipinski definition) is 2. The molecular weight excluding hydrogens is 228 g/mol. The van der Waals surface area contributed by atoms with Gasteiger partial charge in [0.1, 0.15) is 18.2 Å². The van der Waals surface area contributed by atoms with Gasteiger partial charge in [0.2, 0.25) is 0 Å². The smallest absolute Gasteiger partial charge is 0.158 e. The minimum Gasteiger partial charge on any atom is -0.374 e. The van der Waals surface area contributed by atoms with E-state index in [0.717, 1.165) is 11.6 Å². The standard InChI is InChI=1S/C13H22N4O/c1-4-18-9-12-15-10(14-3)8-11(16-12)17-13(2)6-5-7-13/h8H,4-7,9H2,1-3H3,(H2,14,15,16,17). The number of rotatable bonds is 6. The fourth-order valence-electron chi connectivity index (χ4n) is 2.09. The van der Waals surface area contributed by atoms with Gasteiger partial charge in [-0.15, -0.1) is 0 Å². The molecule has 0 radical (unpaired) electrons. The lowest BCUT2D eigenvalue weighted by molar-refractivity contribution is 0.128. The molecule has 0 aliphatic heterocycles. The summed E-state index contributed by atoms with van der Waals surface area (Å²) in [4.78, 5) is 8.87. The number of aromatic nitrogens is 2. The maximum absolute atomic E-state index is 5.36. The van der Waals surface area contributed by atoms with Crippen LogP contribution < -0.4 is 10.6 Å². The van der Waals surface area contributed by atoms with Crippen molar-refractivity contribution < 1.29 is 4.74 Å². The number of nitrogens with one attached hydrogen (secondary N) is 2. The van der Waals surface area contributed by atoms with Gasteiger partial charge >= 0.3 is 0 Å². The van der Waals surface area contributed by atoms with E-state index in [0.29, 0.717) is 19.0 Å². The minimum absolute atomic E-state index is 0.197. The van der Waals surface area contributed by atoms with E-state index in [1.807, 2.05) is 20.0 Å². The highest BCUT2D eigenvalue weighted by atomic mass is 16.5. The van der Waals surface area contributed by atoms with Gasteiger partial charge in [0, 0.05) is 25.3 Å².